The van der Waals surface area contributed by atoms with Crippen molar-refractivity contribution >= 4 is 35.3 Å². The highest BCUT2D eigenvalue weighted by molar-refractivity contribution is 8.00. The number of benzene rings is 1. The third kappa shape index (κ3) is 4.77. The first-order chi connectivity index (χ1) is 13.8. The molecule has 0 aromatic heterocycles. The van der Waals surface area contributed by atoms with E-state index in [1.54, 1.807) is 19.1 Å². The second-order valence-corrected chi connectivity index (χ2v) is 10.5. The SMILES string of the molecule is CC(=O)Nc1ccc(S[C@H](C)C(=O)NC(=O)NC23CC4CC(CC(C4)C2)C3)cc1. The van der Waals surface area contributed by atoms with Gasteiger partial charge in [0.2, 0.25) is 11.8 Å². The maximum absolute atomic E-state index is 12.5. The lowest BCUT2D eigenvalue weighted by Gasteiger charge is -2.56. The molecule has 4 aliphatic rings. The zero-order valence-corrected chi connectivity index (χ0v) is 17.8. The number of anilines is 1. The molecule has 156 valence electrons. The van der Waals surface area contributed by atoms with Gasteiger partial charge in [0.25, 0.3) is 0 Å². The summed E-state index contributed by atoms with van der Waals surface area (Å²) in [6.07, 6.45) is 7.13. The zero-order chi connectivity index (χ0) is 20.6. The van der Waals surface area contributed by atoms with Crippen LogP contribution in [0.2, 0.25) is 0 Å². The van der Waals surface area contributed by atoms with Gasteiger partial charge in [0, 0.05) is 23.0 Å². The van der Waals surface area contributed by atoms with Crippen molar-refractivity contribution < 1.29 is 14.4 Å². The Kier molecular flexibility index (Phi) is 5.60. The Labute approximate surface area is 176 Å². The lowest BCUT2D eigenvalue weighted by atomic mass is 9.53. The first-order valence-electron chi connectivity index (χ1n) is 10.5. The van der Waals surface area contributed by atoms with E-state index in [0.717, 1.165) is 41.9 Å². The summed E-state index contributed by atoms with van der Waals surface area (Å²) < 4.78 is 0. The Bertz CT molecular complexity index is 773. The van der Waals surface area contributed by atoms with Crippen LogP contribution in [0.1, 0.15) is 52.4 Å². The van der Waals surface area contributed by atoms with E-state index in [4.69, 9.17) is 0 Å². The fourth-order valence-electron chi connectivity index (χ4n) is 5.83. The first-order valence-corrected chi connectivity index (χ1v) is 11.4. The van der Waals surface area contributed by atoms with Crippen LogP contribution in [0.4, 0.5) is 10.5 Å². The van der Waals surface area contributed by atoms with Crippen molar-refractivity contribution in [3.63, 3.8) is 0 Å². The maximum atomic E-state index is 12.5. The number of imide groups is 1. The van der Waals surface area contributed by atoms with Gasteiger partial charge in [-0.15, -0.1) is 11.8 Å². The van der Waals surface area contributed by atoms with Crippen LogP contribution in [-0.4, -0.2) is 28.6 Å². The normalized spacial score (nSPS) is 30.5. The molecule has 4 fully saturated rings. The molecular weight excluding hydrogens is 386 g/mol. The average molecular weight is 416 g/mol. The quantitative estimate of drug-likeness (QED) is 0.636. The summed E-state index contributed by atoms with van der Waals surface area (Å²) in [6.45, 7) is 3.25. The Hall–Kier alpha value is -2.02. The predicted octanol–water partition coefficient (Wildman–Crippen LogP) is 3.92. The van der Waals surface area contributed by atoms with E-state index in [1.165, 1.54) is 37.9 Å². The summed E-state index contributed by atoms with van der Waals surface area (Å²) >= 11 is 1.39. The lowest BCUT2D eigenvalue weighted by Crippen LogP contribution is -2.62. The van der Waals surface area contributed by atoms with Crippen LogP contribution in [0.5, 0.6) is 0 Å². The fraction of sp³-hybridized carbons (Fsp3) is 0.591. The topological polar surface area (TPSA) is 87.3 Å². The summed E-state index contributed by atoms with van der Waals surface area (Å²) in [5.74, 6) is 1.82. The van der Waals surface area contributed by atoms with Crippen LogP contribution in [0.15, 0.2) is 29.2 Å². The highest BCUT2D eigenvalue weighted by Gasteiger charge is 2.51. The monoisotopic (exact) mass is 415 g/mol. The molecule has 4 bridgehead atoms. The fourth-order valence-corrected chi connectivity index (χ4v) is 6.69. The molecule has 0 aliphatic heterocycles. The van der Waals surface area contributed by atoms with E-state index in [-0.39, 0.29) is 23.4 Å². The maximum Gasteiger partial charge on any atom is 0.321 e. The first kappa shape index (κ1) is 20.3. The van der Waals surface area contributed by atoms with Crippen molar-refractivity contribution in [1.82, 2.24) is 10.6 Å². The minimum atomic E-state index is -0.399. The molecule has 1 aromatic carbocycles. The van der Waals surface area contributed by atoms with Crippen LogP contribution >= 0.6 is 11.8 Å². The molecule has 7 heteroatoms. The van der Waals surface area contributed by atoms with Gasteiger partial charge >= 0.3 is 6.03 Å². The molecule has 0 radical (unpaired) electrons. The smallest absolute Gasteiger partial charge is 0.321 e. The van der Waals surface area contributed by atoms with Gasteiger partial charge in [0.1, 0.15) is 0 Å². The Balaban J connectivity index is 1.28. The average Bonchev–Trinajstić information content (AvgIpc) is 2.61. The third-order valence-electron chi connectivity index (χ3n) is 6.51. The number of hydrogen-bond donors (Lipinski definition) is 3. The van der Waals surface area contributed by atoms with Crippen LogP contribution in [0.25, 0.3) is 0 Å². The summed E-state index contributed by atoms with van der Waals surface area (Å²) in [5.41, 5.74) is 0.614. The standard InChI is InChI=1S/C22H29N3O3S/c1-13(29-19-5-3-18(4-6-19)23-14(2)26)20(27)24-21(28)25-22-10-15-7-16(11-22)9-17(8-15)12-22/h3-6,13,15-17H,7-12H2,1-2H3,(H,23,26)(H2,24,25,27,28)/t13-,15?,16?,17?,22?/m1/s1. The minimum absolute atomic E-state index is 0.102. The molecule has 29 heavy (non-hydrogen) atoms. The Morgan fingerprint density at radius 1 is 1.00 bits per heavy atom. The van der Waals surface area contributed by atoms with Crippen molar-refractivity contribution in [3.05, 3.63) is 24.3 Å². The van der Waals surface area contributed by atoms with Gasteiger partial charge in [0.15, 0.2) is 0 Å². The van der Waals surface area contributed by atoms with Gasteiger partial charge in [-0.2, -0.15) is 0 Å². The third-order valence-corrected chi connectivity index (χ3v) is 7.62. The summed E-state index contributed by atoms with van der Waals surface area (Å²) in [6, 6.07) is 6.96. The molecule has 5 rings (SSSR count). The second-order valence-electron chi connectivity index (χ2n) is 9.11. The van der Waals surface area contributed by atoms with Gasteiger partial charge < -0.3 is 10.6 Å². The molecule has 1 aromatic rings. The molecule has 1 atom stereocenters. The van der Waals surface area contributed by atoms with E-state index >= 15 is 0 Å². The minimum Gasteiger partial charge on any atom is -0.332 e. The number of urea groups is 1. The van der Waals surface area contributed by atoms with E-state index in [0.29, 0.717) is 5.69 Å². The summed E-state index contributed by atoms with van der Waals surface area (Å²) in [4.78, 5) is 37.1. The largest absolute Gasteiger partial charge is 0.332 e. The number of hydrogen-bond acceptors (Lipinski definition) is 4. The van der Waals surface area contributed by atoms with Gasteiger partial charge in [-0.3, -0.25) is 14.9 Å². The molecular formula is C22H29N3O3S. The van der Waals surface area contributed by atoms with E-state index < -0.39 is 5.25 Å². The molecule has 4 aliphatic carbocycles. The van der Waals surface area contributed by atoms with Crippen LogP contribution in [-0.2, 0) is 9.59 Å². The zero-order valence-electron chi connectivity index (χ0n) is 17.0. The molecule has 4 saturated carbocycles. The predicted molar refractivity (Wildman–Crippen MR) is 114 cm³/mol. The van der Waals surface area contributed by atoms with Crippen LogP contribution in [0.3, 0.4) is 0 Å². The van der Waals surface area contributed by atoms with Crippen molar-refractivity contribution in [1.29, 1.82) is 0 Å². The highest BCUT2D eigenvalue weighted by Crippen LogP contribution is 2.55. The molecule has 0 spiro atoms. The van der Waals surface area contributed by atoms with E-state index in [1.807, 2.05) is 12.1 Å². The molecule has 0 unspecified atom stereocenters. The molecule has 0 heterocycles. The molecule has 6 nitrogen and oxygen atoms in total. The molecule has 0 saturated heterocycles. The van der Waals surface area contributed by atoms with Crippen molar-refractivity contribution in [2.45, 2.75) is 68.1 Å². The van der Waals surface area contributed by atoms with Crippen LogP contribution < -0.4 is 16.0 Å². The van der Waals surface area contributed by atoms with E-state index in [2.05, 4.69) is 16.0 Å². The van der Waals surface area contributed by atoms with Crippen LogP contribution in [0, 0.1) is 17.8 Å². The van der Waals surface area contributed by atoms with Gasteiger partial charge in [-0.05, 0) is 87.5 Å². The van der Waals surface area contributed by atoms with Crippen molar-refractivity contribution in [2.24, 2.45) is 17.8 Å². The number of amides is 4. The van der Waals surface area contributed by atoms with E-state index in [9.17, 15) is 14.4 Å². The van der Waals surface area contributed by atoms with Crippen molar-refractivity contribution in [2.75, 3.05) is 5.32 Å². The van der Waals surface area contributed by atoms with Crippen molar-refractivity contribution in [3.8, 4) is 0 Å². The Morgan fingerprint density at radius 2 is 1.55 bits per heavy atom. The second kappa shape index (κ2) is 8.01. The van der Waals surface area contributed by atoms with Gasteiger partial charge in [-0.1, -0.05) is 0 Å². The Morgan fingerprint density at radius 3 is 2.07 bits per heavy atom. The number of rotatable bonds is 5. The number of nitrogens with one attached hydrogen (secondary N) is 3. The summed E-state index contributed by atoms with van der Waals surface area (Å²) in [5, 5.41) is 8.04. The number of carbonyl (C=O) groups is 3. The summed E-state index contributed by atoms with van der Waals surface area (Å²) in [7, 11) is 0. The van der Waals surface area contributed by atoms with Gasteiger partial charge in [0.05, 0.1) is 5.25 Å². The number of carbonyl (C=O) groups excluding carboxylic acids is 3. The van der Waals surface area contributed by atoms with Gasteiger partial charge in [-0.25, -0.2) is 4.79 Å². The molecule has 3 N–H and O–H groups in total. The highest BCUT2D eigenvalue weighted by atomic mass is 32.2. The number of thioether (sulfide) groups is 1. The molecule has 4 amide bonds. The lowest BCUT2D eigenvalue weighted by molar-refractivity contribution is -0.119.